The van der Waals surface area contributed by atoms with Crippen molar-refractivity contribution < 1.29 is 14.1 Å². The lowest BCUT2D eigenvalue weighted by molar-refractivity contribution is 0.0367. The van der Waals surface area contributed by atoms with Crippen LogP contribution in [0.15, 0.2) is 10.6 Å². The van der Waals surface area contributed by atoms with E-state index >= 15 is 0 Å². The summed E-state index contributed by atoms with van der Waals surface area (Å²) in [6.45, 7) is 5.54. The normalized spacial score (nSPS) is 14.6. The number of carbonyl (C=O) groups excluding carboxylic acids is 2. The van der Waals surface area contributed by atoms with Gasteiger partial charge in [0.05, 0.1) is 0 Å². The summed E-state index contributed by atoms with van der Waals surface area (Å²) in [7, 11) is 0. The fourth-order valence-electron chi connectivity index (χ4n) is 2.30. The molecule has 0 aromatic carbocycles. The van der Waals surface area contributed by atoms with E-state index in [1.54, 1.807) is 13.0 Å². The van der Waals surface area contributed by atoms with Crippen LogP contribution in [0.4, 0.5) is 4.79 Å². The molecule has 3 amide bonds. The van der Waals surface area contributed by atoms with Crippen molar-refractivity contribution in [2.75, 3.05) is 19.6 Å². The van der Waals surface area contributed by atoms with Crippen LogP contribution in [-0.2, 0) is 0 Å². The Morgan fingerprint density at radius 3 is 2.76 bits per heavy atom. The third-order valence-corrected chi connectivity index (χ3v) is 3.40. The third-order valence-electron chi connectivity index (χ3n) is 3.40. The summed E-state index contributed by atoms with van der Waals surface area (Å²) in [6.07, 6.45) is 3.91. The molecule has 2 heterocycles. The summed E-state index contributed by atoms with van der Waals surface area (Å²) in [6, 6.07) is 1.36. The number of nitrogens with one attached hydrogen (secondary N) is 1. The van der Waals surface area contributed by atoms with Crippen molar-refractivity contribution in [2.24, 2.45) is 0 Å². The Morgan fingerprint density at radius 2 is 2.10 bits per heavy atom. The number of hydrogen-bond donors (Lipinski definition) is 1. The highest BCUT2D eigenvalue weighted by atomic mass is 16.5. The predicted octanol–water partition coefficient (Wildman–Crippen LogP) is 1.95. The van der Waals surface area contributed by atoms with Gasteiger partial charge >= 0.3 is 6.03 Å². The minimum absolute atomic E-state index is 0.225. The first-order chi connectivity index (χ1) is 10.1. The van der Waals surface area contributed by atoms with Gasteiger partial charge in [0.15, 0.2) is 5.69 Å². The fraction of sp³-hybridized carbons (Fsp3) is 0.643. The number of urea groups is 1. The zero-order valence-corrected chi connectivity index (χ0v) is 12.6. The molecule has 1 aliphatic heterocycles. The van der Waals surface area contributed by atoms with Crippen LogP contribution in [0.1, 0.15) is 48.9 Å². The Labute approximate surface area is 124 Å². The van der Waals surface area contributed by atoms with E-state index in [0.29, 0.717) is 25.4 Å². The molecule has 0 bridgehead atoms. The van der Waals surface area contributed by atoms with Crippen LogP contribution in [0.25, 0.3) is 0 Å². The monoisotopic (exact) mass is 294 g/mol. The SMILES string of the molecule is CCCCCNC(=O)N1CCCN1C(=O)c1cc(C)on1. The summed E-state index contributed by atoms with van der Waals surface area (Å²) in [5.41, 5.74) is 0.234. The summed E-state index contributed by atoms with van der Waals surface area (Å²) >= 11 is 0. The maximum atomic E-state index is 12.3. The lowest BCUT2D eigenvalue weighted by atomic mass is 10.2. The zero-order chi connectivity index (χ0) is 15.2. The van der Waals surface area contributed by atoms with Gasteiger partial charge in [-0.1, -0.05) is 24.9 Å². The van der Waals surface area contributed by atoms with E-state index in [2.05, 4.69) is 17.4 Å². The number of carbonyl (C=O) groups is 2. The minimum atomic E-state index is -0.298. The molecular weight excluding hydrogens is 272 g/mol. The first kappa shape index (κ1) is 15.3. The van der Waals surface area contributed by atoms with Gasteiger partial charge in [0.2, 0.25) is 0 Å². The molecule has 0 spiro atoms. The molecule has 7 heteroatoms. The number of hydrogen-bond acceptors (Lipinski definition) is 4. The van der Waals surface area contributed by atoms with E-state index in [-0.39, 0.29) is 17.6 Å². The van der Waals surface area contributed by atoms with Gasteiger partial charge in [-0.05, 0) is 19.8 Å². The van der Waals surface area contributed by atoms with Crippen LogP contribution in [0.5, 0.6) is 0 Å². The molecule has 7 nitrogen and oxygen atoms in total. The van der Waals surface area contributed by atoms with E-state index in [1.165, 1.54) is 10.0 Å². The van der Waals surface area contributed by atoms with Crippen molar-refractivity contribution in [2.45, 2.75) is 39.5 Å². The van der Waals surface area contributed by atoms with E-state index in [4.69, 9.17) is 4.52 Å². The number of hydrazine groups is 1. The highest BCUT2D eigenvalue weighted by molar-refractivity contribution is 5.93. The molecule has 1 aromatic heterocycles. The van der Waals surface area contributed by atoms with Crippen molar-refractivity contribution in [3.8, 4) is 0 Å². The fourth-order valence-corrected chi connectivity index (χ4v) is 2.30. The van der Waals surface area contributed by atoms with Crippen molar-refractivity contribution in [3.05, 3.63) is 17.5 Å². The second-order valence-corrected chi connectivity index (χ2v) is 5.17. The molecule has 0 saturated carbocycles. The number of aromatic nitrogens is 1. The van der Waals surface area contributed by atoms with E-state index < -0.39 is 0 Å². The van der Waals surface area contributed by atoms with Crippen LogP contribution >= 0.6 is 0 Å². The van der Waals surface area contributed by atoms with Gasteiger partial charge in [0, 0.05) is 25.7 Å². The predicted molar refractivity (Wildman–Crippen MR) is 76.5 cm³/mol. The van der Waals surface area contributed by atoms with Crippen LogP contribution in [0.3, 0.4) is 0 Å². The summed E-state index contributed by atoms with van der Waals surface area (Å²) in [5, 5.41) is 9.46. The third kappa shape index (κ3) is 3.74. The van der Waals surface area contributed by atoms with E-state index in [1.807, 2.05) is 0 Å². The second-order valence-electron chi connectivity index (χ2n) is 5.17. The van der Waals surface area contributed by atoms with Gasteiger partial charge in [-0.2, -0.15) is 0 Å². The van der Waals surface area contributed by atoms with E-state index in [0.717, 1.165) is 25.7 Å². The maximum Gasteiger partial charge on any atom is 0.336 e. The van der Waals surface area contributed by atoms with Crippen molar-refractivity contribution in [1.29, 1.82) is 0 Å². The van der Waals surface area contributed by atoms with Crippen LogP contribution in [-0.4, -0.2) is 46.7 Å². The molecular formula is C14H22N4O3. The van der Waals surface area contributed by atoms with Crippen LogP contribution < -0.4 is 5.32 Å². The largest absolute Gasteiger partial charge is 0.361 e. The summed E-state index contributed by atoms with van der Waals surface area (Å²) in [4.78, 5) is 24.5. The van der Waals surface area contributed by atoms with Crippen molar-refractivity contribution >= 4 is 11.9 Å². The van der Waals surface area contributed by atoms with Gasteiger partial charge in [-0.25, -0.2) is 14.8 Å². The number of rotatable bonds is 5. The lowest BCUT2D eigenvalue weighted by Gasteiger charge is -2.27. The van der Waals surface area contributed by atoms with Crippen molar-refractivity contribution in [3.63, 3.8) is 0 Å². The Bertz CT molecular complexity index is 500. The topological polar surface area (TPSA) is 78.7 Å². The average molecular weight is 294 g/mol. The Morgan fingerprint density at radius 1 is 1.33 bits per heavy atom. The zero-order valence-electron chi connectivity index (χ0n) is 12.6. The highest BCUT2D eigenvalue weighted by Crippen LogP contribution is 2.15. The summed E-state index contributed by atoms with van der Waals surface area (Å²) in [5.74, 6) is 0.279. The first-order valence-electron chi connectivity index (χ1n) is 7.44. The Balaban J connectivity index is 1.93. The quantitative estimate of drug-likeness (QED) is 0.842. The van der Waals surface area contributed by atoms with Crippen LogP contribution in [0.2, 0.25) is 0 Å². The molecule has 0 unspecified atom stereocenters. The van der Waals surface area contributed by atoms with Gasteiger partial charge in [-0.3, -0.25) is 4.79 Å². The highest BCUT2D eigenvalue weighted by Gasteiger charge is 2.32. The molecule has 1 aromatic rings. The molecule has 0 aliphatic carbocycles. The van der Waals surface area contributed by atoms with Gasteiger partial charge < -0.3 is 9.84 Å². The molecule has 116 valence electrons. The van der Waals surface area contributed by atoms with Crippen molar-refractivity contribution in [1.82, 2.24) is 20.5 Å². The minimum Gasteiger partial charge on any atom is -0.361 e. The number of aryl methyl sites for hydroxylation is 1. The van der Waals surface area contributed by atoms with E-state index in [9.17, 15) is 9.59 Å². The smallest absolute Gasteiger partial charge is 0.336 e. The van der Waals surface area contributed by atoms with Gasteiger partial charge in [0.1, 0.15) is 5.76 Å². The Hall–Kier alpha value is -2.05. The Kier molecular flexibility index (Phi) is 5.19. The molecule has 1 saturated heterocycles. The molecule has 0 radical (unpaired) electrons. The van der Waals surface area contributed by atoms with Crippen LogP contribution in [0, 0.1) is 6.92 Å². The molecule has 1 N–H and O–H groups in total. The maximum absolute atomic E-state index is 12.3. The number of amides is 3. The first-order valence-corrected chi connectivity index (χ1v) is 7.44. The molecule has 1 fully saturated rings. The van der Waals surface area contributed by atoms with Gasteiger partial charge in [0.25, 0.3) is 5.91 Å². The van der Waals surface area contributed by atoms with Gasteiger partial charge in [-0.15, -0.1) is 0 Å². The molecule has 0 atom stereocenters. The number of nitrogens with zero attached hydrogens (tertiary/aromatic N) is 3. The standard InChI is InChI=1S/C14H22N4O3/c1-3-4-5-7-15-14(20)18-9-6-8-17(18)13(19)12-10-11(2)21-16-12/h10H,3-9H2,1-2H3,(H,15,20). The second kappa shape index (κ2) is 7.10. The lowest BCUT2D eigenvalue weighted by Crippen LogP contribution is -2.49. The average Bonchev–Trinajstić information content (AvgIpc) is 3.11. The number of unbranched alkanes of at least 4 members (excludes halogenated alkanes) is 2. The summed E-state index contributed by atoms with van der Waals surface area (Å²) < 4.78 is 4.92. The molecule has 2 rings (SSSR count). The molecule has 1 aliphatic rings. The molecule has 21 heavy (non-hydrogen) atoms.